The van der Waals surface area contributed by atoms with Crippen molar-refractivity contribution in [3.05, 3.63) is 35.4 Å². The van der Waals surface area contributed by atoms with E-state index in [1.165, 1.54) is 11.1 Å². The van der Waals surface area contributed by atoms with E-state index >= 15 is 0 Å². The number of hydrogen-bond acceptors (Lipinski definition) is 4. The maximum atomic E-state index is 12.8. The normalized spacial score (nSPS) is 23.6. The van der Waals surface area contributed by atoms with Crippen LogP contribution < -0.4 is 5.32 Å². The zero-order chi connectivity index (χ0) is 22.6. The number of amides is 2. The molecule has 1 aromatic rings. The van der Waals surface area contributed by atoms with Crippen LogP contribution in [0.5, 0.6) is 0 Å². The molecular formula is C25H39N3O3. The second kappa shape index (κ2) is 10.1. The maximum Gasteiger partial charge on any atom is 0.227 e. The highest BCUT2D eigenvalue weighted by molar-refractivity contribution is 5.82. The van der Waals surface area contributed by atoms with Crippen molar-refractivity contribution in [2.75, 3.05) is 26.2 Å². The van der Waals surface area contributed by atoms with Gasteiger partial charge in [-0.05, 0) is 37.8 Å². The zero-order valence-electron chi connectivity index (χ0n) is 19.8. The minimum atomic E-state index is -0.366. The molecule has 1 N–H and O–H groups in total. The van der Waals surface area contributed by atoms with Crippen LogP contribution in [0.25, 0.3) is 0 Å². The van der Waals surface area contributed by atoms with Gasteiger partial charge >= 0.3 is 0 Å². The third kappa shape index (κ3) is 6.53. The van der Waals surface area contributed by atoms with Crippen LogP contribution in [0, 0.1) is 11.3 Å². The summed E-state index contributed by atoms with van der Waals surface area (Å²) in [7, 11) is 0. The molecule has 0 bridgehead atoms. The molecule has 3 rings (SSSR count). The minimum Gasteiger partial charge on any atom is -0.373 e. The average Bonchev–Trinajstić information content (AvgIpc) is 2.71. The number of nitrogens with zero attached hydrogens (tertiary/aromatic N) is 2. The smallest absolute Gasteiger partial charge is 0.227 e. The summed E-state index contributed by atoms with van der Waals surface area (Å²) in [6, 6.07) is 8.36. The highest BCUT2D eigenvalue weighted by Crippen LogP contribution is 2.24. The molecule has 0 aliphatic carbocycles. The first kappa shape index (κ1) is 23.7. The number of carbonyl (C=O) groups is 2. The molecule has 0 radical (unpaired) electrons. The fourth-order valence-electron chi connectivity index (χ4n) is 4.68. The second-order valence-corrected chi connectivity index (χ2v) is 10.3. The first-order chi connectivity index (χ1) is 14.6. The van der Waals surface area contributed by atoms with Crippen molar-refractivity contribution < 1.29 is 14.3 Å². The summed E-state index contributed by atoms with van der Waals surface area (Å²) < 4.78 is 5.85. The molecule has 2 unspecified atom stereocenters. The first-order valence-electron chi connectivity index (χ1n) is 11.6. The van der Waals surface area contributed by atoms with Gasteiger partial charge in [0.15, 0.2) is 0 Å². The summed E-state index contributed by atoms with van der Waals surface area (Å²) in [5.41, 5.74) is 2.06. The van der Waals surface area contributed by atoms with Crippen LogP contribution in [0.4, 0.5) is 0 Å². The molecule has 2 aliphatic rings. The summed E-state index contributed by atoms with van der Waals surface area (Å²) in [5, 5.41) is 3.15. The van der Waals surface area contributed by atoms with Crippen molar-refractivity contribution in [3.8, 4) is 0 Å². The third-order valence-electron chi connectivity index (χ3n) is 6.26. The van der Waals surface area contributed by atoms with Gasteiger partial charge in [0.2, 0.25) is 11.8 Å². The van der Waals surface area contributed by atoms with Crippen LogP contribution in [0.3, 0.4) is 0 Å². The third-order valence-corrected chi connectivity index (χ3v) is 6.26. The van der Waals surface area contributed by atoms with Crippen LogP contribution in [0.2, 0.25) is 0 Å². The fraction of sp³-hybridized carbons (Fsp3) is 0.680. The number of likely N-dealkylation sites (tertiary alicyclic amines) is 1. The van der Waals surface area contributed by atoms with Gasteiger partial charge in [-0.25, -0.2) is 0 Å². The molecule has 0 saturated carbocycles. The Bertz CT molecular complexity index is 756. The summed E-state index contributed by atoms with van der Waals surface area (Å²) in [6.07, 6.45) is 1.95. The number of benzene rings is 1. The number of ether oxygens (including phenoxy) is 1. The highest BCUT2D eigenvalue weighted by atomic mass is 16.5. The largest absolute Gasteiger partial charge is 0.373 e. The molecule has 6 heteroatoms. The predicted octanol–water partition coefficient (Wildman–Crippen LogP) is 3.20. The number of morpholine rings is 1. The predicted molar refractivity (Wildman–Crippen MR) is 122 cm³/mol. The van der Waals surface area contributed by atoms with E-state index in [4.69, 9.17) is 4.74 Å². The van der Waals surface area contributed by atoms with Crippen LogP contribution in [0.15, 0.2) is 24.3 Å². The lowest BCUT2D eigenvalue weighted by Crippen LogP contribution is -2.46. The quantitative estimate of drug-likeness (QED) is 0.781. The van der Waals surface area contributed by atoms with Gasteiger partial charge in [0.25, 0.3) is 0 Å². The molecule has 1 aromatic carbocycles. The molecule has 2 heterocycles. The lowest BCUT2D eigenvalue weighted by molar-refractivity contribution is -0.142. The van der Waals surface area contributed by atoms with Gasteiger partial charge in [0.05, 0.1) is 12.2 Å². The van der Waals surface area contributed by atoms with Crippen molar-refractivity contribution in [1.82, 2.24) is 15.1 Å². The summed E-state index contributed by atoms with van der Waals surface area (Å²) in [6.45, 7) is 14.7. The topological polar surface area (TPSA) is 61.9 Å². The van der Waals surface area contributed by atoms with Gasteiger partial charge in [-0.1, -0.05) is 45.0 Å². The molecule has 0 spiro atoms. The highest BCUT2D eigenvalue weighted by Gasteiger charge is 2.32. The molecule has 2 aliphatic heterocycles. The number of rotatable bonds is 5. The van der Waals surface area contributed by atoms with E-state index in [0.717, 1.165) is 32.5 Å². The zero-order valence-corrected chi connectivity index (χ0v) is 19.8. The fourth-order valence-corrected chi connectivity index (χ4v) is 4.68. The van der Waals surface area contributed by atoms with Gasteiger partial charge in [0, 0.05) is 50.6 Å². The molecule has 172 valence electrons. The van der Waals surface area contributed by atoms with Crippen molar-refractivity contribution in [2.24, 2.45) is 11.3 Å². The van der Waals surface area contributed by atoms with Crippen LogP contribution in [-0.2, 0) is 27.4 Å². The van der Waals surface area contributed by atoms with E-state index in [1.807, 2.05) is 31.7 Å². The van der Waals surface area contributed by atoms with Crippen molar-refractivity contribution in [2.45, 2.75) is 72.8 Å². The number of nitrogens with one attached hydrogen (secondary N) is 1. The molecule has 6 nitrogen and oxygen atoms in total. The molecule has 2 saturated heterocycles. The molecule has 0 aromatic heterocycles. The Morgan fingerprint density at radius 3 is 2.19 bits per heavy atom. The summed E-state index contributed by atoms with van der Waals surface area (Å²) in [4.78, 5) is 29.6. The lowest BCUT2D eigenvalue weighted by atomic mass is 9.90. The van der Waals surface area contributed by atoms with Crippen LogP contribution in [0.1, 0.15) is 58.6 Å². The van der Waals surface area contributed by atoms with E-state index in [1.54, 1.807) is 0 Å². The van der Waals surface area contributed by atoms with E-state index in [9.17, 15) is 9.59 Å². The van der Waals surface area contributed by atoms with Gasteiger partial charge in [-0.3, -0.25) is 14.5 Å². The van der Waals surface area contributed by atoms with Crippen molar-refractivity contribution >= 4 is 11.8 Å². The molecule has 31 heavy (non-hydrogen) atoms. The lowest BCUT2D eigenvalue weighted by Gasteiger charge is -2.36. The second-order valence-electron chi connectivity index (χ2n) is 10.3. The van der Waals surface area contributed by atoms with Gasteiger partial charge in [0.1, 0.15) is 0 Å². The Balaban J connectivity index is 1.51. The average molecular weight is 430 g/mol. The minimum absolute atomic E-state index is 0.0166. The molecule has 2 atom stereocenters. The Kier molecular flexibility index (Phi) is 7.76. The molecule has 2 amide bonds. The van der Waals surface area contributed by atoms with Crippen molar-refractivity contribution in [1.29, 1.82) is 0 Å². The van der Waals surface area contributed by atoms with E-state index < -0.39 is 0 Å². The maximum absolute atomic E-state index is 12.8. The SMILES string of the molecule is CC1CN(Cc2ccccc2CNC(=O)C2CCN(C(=O)C(C)(C)C)CC2)CC(C)O1. The van der Waals surface area contributed by atoms with E-state index in [2.05, 4.69) is 42.3 Å². The Hall–Kier alpha value is -1.92. The Labute approximate surface area is 187 Å². The first-order valence-corrected chi connectivity index (χ1v) is 11.6. The Morgan fingerprint density at radius 1 is 1.03 bits per heavy atom. The van der Waals surface area contributed by atoms with Gasteiger partial charge in [-0.15, -0.1) is 0 Å². The summed E-state index contributed by atoms with van der Waals surface area (Å²) >= 11 is 0. The number of carbonyl (C=O) groups excluding carboxylic acids is 2. The van der Waals surface area contributed by atoms with Crippen molar-refractivity contribution in [3.63, 3.8) is 0 Å². The number of hydrogen-bond donors (Lipinski definition) is 1. The van der Waals surface area contributed by atoms with E-state index in [0.29, 0.717) is 19.6 Å². The molecular weight excluding hydrogens is 390 g/mol. The van der Waals surface area contributed by atoms with Crippen LogP contribution >= 0.6 is 0 Å². The summed E-state index contributed by atoms with van der Waals surface area (Å²) in [5.74, 6) is 0.260. The van der Waals surface area contributed by atoms with Gasteiger partial charge in [-0.2, -0.15) is 0 Å². The Morgan fingerprint density at radius 2 is 1.61 bits per heavy atom. The standard InChI is InChI=1S/C25H39N3O3/c1-18-15-27(16-19(2)31-18)17-22-9-7-6-8-21(22)14-26-23(29)20-10-12-28(13-11-20)24(30)25(3,4)5/h6-9,18-20H,10-17H2,1-5H3,(H,26,29). The van der Waals surface area contributed by atoms with E-state index in [-0.39, 0.29) is 35.4 Å². The van der Waals surface area contributed by atoms with Gasteiger partial charge < -0.3 is 15.0 Å². The monoisotopic (exact) mass is 429 g/mol. The number of piperidine rings is 1. The van der Waals surface area contributed by atoms with Crippen LogP contribution in [-0.4, -0.2) is 60.0 Å². The molecule has 2 fully saturated rings.